The molecule has 0 aliphatic carbocycles. The molecule has 0 unspecified atom stereocenters. The SMILES string of the molecule is CCOc1ccc(/C=N\Nc2nc3c(N)ncnc3n2[C@@H]2O[C@H](CO)[C@@H](O)[C@H]2O)cc1OC. The first-order valence-electron chi connectivity index (χ1n) is 10.2. The van der Waals surface area contributed by atoms with Crippen LogP contribution in [-0.4, -0.2) is 79.7 Å². The summed E-state index contributed by atoms with van der Waals surface area (Å²) in [5, 5.41) is 34.3. The summed E-state index contributed by atoms with van der Waals surface area (Å²) in [5.41, 5.74) is 9.96. The Morgan fingerprint density at radius 1 is 1.27 bits per heavy atom. The number of nitrogens with zero attached hydrogens (tertiary/aromatic N) is 5. The first-order chi connectivity index (χ1) is 16.0. The van der Waals surface area contributed by atoms with E-state index >= 15 is 0 Å². The van der Waals surface area contributed by atoms with E-state index in [1.54, 1.807) is 25.3 Å². The Morgan fingerprint density at radius 3 is 2.79 bits per heavy atom. The molecule has 176 valence electrons. The number of ether oxygens (including phenoxy) is 3. The number of nitrogens with one attached hydrogen (secondary N) is 1. The summed E-state index contributed by atoms with van der Waals surface area (Å²) in [6.45, 7) is 1.92. The molecule has 0 bridgehead atoms. The Balaban J connectivity index is 1.66. The highest BCUT2D eigenvalue weighted by atomic mass is 16.6. The predicted octanol–water partition coefficient (Wildman–Crippen LogP) is -0.127. The van der Waals surface area contributed by atoms with Crippen molar-refractivity contribution in [2.75, 3.05) is 31.5 Å². The molecule has 1 aliphatic rings. The normalized spacial score (nSPS) is 22.8. The van der Waals surface area contributed by atoms with E-state index in [1.807, 2.05) is 6.92 Å². The molecule has 13 nitrogen and oxygen atoms in total. The van der Waals surface area contributed by atoms with Crippen LogP contribution < -0.4 is 20.6 Å². The molecule has 33 heavy (non-hydrogen) atoms. The lowest BCUT2D eigenvalue weighted by molar-refractivity contribution is -0.0501. The smallest absolute Gasteiger partial charge is 0.228 e. The lowest BCUT2D eigenvalue weighted by Crippen LogP contribution is -2.33. The first kappa shape index (κ1) is 22.7. The zero-order chi connectivity index (χ0) is 23.5. The number of methoxy groups -OCH3 is 1. The lowest BCUT2D eigenvalue weighted by atomic mass is 10.1. The van der Waals surface area contributed by atoms with Gasteiger partial charge in [0.05, 0.1) is 26.5 Å². The average Bonchev–Trinajstić information content (AvgIpc) is 3.32. The number of nitrogens with two attached hydrogens (primary N) is 1. The van der Waals surface area contributed by atoms with E-state index in [0.29, 0.717) is 18.1 Å². The topological polar surface area (TPSA) is 182 Å². The fourth-order valence-electron chi connectivity index (χ4n) is 3.54. The highest BCUT2D eigenvalue weighted by Gasteiger charge is 2.45. The number of hydrazone groups is 1. The van der Waals surface area contributed by atoms with Crippen LogP contribution in [0, 0.1) is 0 Å². The summed E-state index contributed by atoms with van der Waals surface area (Å²) in [6, 6.07) is 5.33. The average molecular weight is 459 g/mol. The Kier molecular flexibility index (Phi) is 6.55. The van der Waals surface area contributed by atoms with Crippen LogP contribution in [0.4, 0.5) is 11.8 Å². The number of benzene rings is 1. The van der Waals surface area contributed by atoms with Crippen LogP contribution in [0.3, 0.4) is 0 Å². The van der Waals surface area contributed by atoms with Crippen LogP contribution in [0.25, 0.3) is 11.2 Å². The summed E-state index contributed by atoms with van der Waals surface area (Å²) in [7, 11) is 1.55. The number of anilines is 2. The Labute approximate surface area is 188 Å². The largest absolute Gasteiger partial charge is 0.493 e. The maximum Gasteiger partial charge on any atom is 0.228 e. The maximum absolute atomic E-state index is 10.5. The van der Waals surface area contributed by atoms with E-state index in [1.165, 1.54) is 17.1 Å². The van der Waals surface area contributed by atoms with E-state index in [-0.39, 0.29) is 22.9 Å². The number of imidazole rings is 1. The molecule has 0 spiro atoms. The third-order valence-corrected chi connectivity index (χ3v) is 5.14. The molecular formula is C20H25N7O6. The number of rotatable bonds is 8. The zero-order valence-electron chi connectivity index (χ0n) is 18.0. The van der Waals surface area contributed by atoms with Crippen LogP contribution in [0.1, 0.15) is 18.7 Å². The minimum absolute atomic E-state index is 0.119. The fraction of sp³-hybridized carbons (Fsp3) is 0.400. The van der Waals surface area contributed by atoms with Crippen molar-refractivity contribution >= 4 is 29.1 Å². The van der Waals surface area contributed by atoms with Crippen LogP contribution >= 0.6 is 0 Å². The minimum atomic E-state index is -1.35. The van der Waals surface area contributed by atoms with Gasteiger partial charge in [0.2, 0.25) is 5.95 Å². The molecule has 1 aromatic carbocycles. The molecular weight excluding hydrogens is 434 g/mol. The molecule has 1 aliphatic heterocycles. The van der Waals surface area contributed by atoms with Crippen molar-refractivity contribution in [2.24, 2.45) is 5.10 Å². The standard InChI is InChI=1S/C20H25N7O6/c1-3-32-11-5-4-10(6-12(11)31-2)7-24-26-20-25-14-17(21)22-9-23-18(14)27(20)19-16(30)15(29)13(8-28)33-19/h4-7,9,13,15-16,19,28-30H,3,8H2,1-2H3,(H,25,26)(H2,21,22,23)/b24-7-/t13-,15-,16-,19-/m1/s1. The van der Waals surface area contributed by atoms with Gasteiger partial charge in [-0.3, -0.25) is 4.57 Å². The van der Waals surface area contributed by atoms with Crippen LogP contribution in [0.15, 0.2) is 29.6 Å². The Bertz CT molecular complexity index is 1150. The molecule has 13 heteroatoms. The second-order valence-electron chi connectivity index (χ2n) is 7.18. The second-order valence-corrected chi connectivity index (χ2v) is 7.18. The minimum Gasteiger partial charge on any atom is -0.493 e. The second kappa shape index (κ2) is 9.54. The molecule has 1 saturated heterocycles. The quantitative estimate of drug-likeness (QED) is 0.223. The monoisotopic (exact) mass is 459 g/mol. The van der Waals surface area contributed by atoms with E-state index in [0.717, 1.165) is 5.56 Å². The van der Waals surface area contributed by atoms with Gasteiger partial charge in [0.15, 0.2) is 34.7 Å². The van der Waals surface area contributed by atoms with E-state index in [4.69, 9.17) is 19.9 Å². The van der Waals surface area contributed by atoms with E-state index in [9.17, 15) is 15.3 Å². The number of aliphatic hydroxyl groups is 3. The summed E-state index contributed by atoms with van der Waals surface area (Å²) in [6.07, 6.45) is -1.95. The summed E-state index contributed by atoms with van der Waals surface area (Å²) in [4.78, 5) is 12.5. The molecule has 3 heterocycles. The summed E-state index contributed by atoms with van der Waals surface area (Å²) in [5.74, 6) is 1.43. The molecule has 0 radical (unpaired) electrons. The summed E-state index contributed by atoms with van der Waals surface area (Å²) >= 11 is 0. The zero-order valence-corrected chi connectivity index (χ0v) is 18.0. The number of hydrogen-bond donors (Lipinski definition) is 5. The molecule has 2 aromatic heterocycles. The molecule has 1 fully saturated rings. The molecule has 3 aromatic rings. The molecule has 0 saturated carbocycles. The number of aliphatic hydroxyl groups excluding tert-OH is 3. The van der Waals surface area contributed by atoms with Gasteiger partial charge in [-0.2, -0.15) is 5.10 Å². The lowest BCUT2D eigenvalue weighted by Gasteiger charge is -2.18. The highest BCUT2D eigenvalue weighted by molar-refractivity contribution is 5.85. The predicted molar refractivity (Wildman–Crippen MR) is 118 cm³/mol. The van der Waals surface area contributed by atoms with Crippen molar-refractivity contribution in [3.63, 3.8) is 0 Å². The van der Waals surface area contributed by atoms with Crippen molar-refractivity contribution in [3.05, 3.63) is 30.1 Å². The highest BCUT2D eigenvalue weighted by Crippen LogP contribution is 2.35. The number of aromatic nitrogens is 4. The number of nitrogen functional groups attached to an aromatic ring is 1. The van der Waals surface area contributed by atoms with Crippen LogP contribution in [0.5, 0.6) is 11.5 Å². The third-order valence-electron chi connectivity index (χ3n) is 5.14. The molecule has 0 amide bonds. The maximum atomic E-state index is 10.5. The van der Waals surface area contributed by atoms with Crippen molar-refractivity contribution in [2.45, 2.75) is 31.5 Å². The number of hydrogen-bond acceptors (Lipinski definition) is 12. The van der Waals surface area contributed by atoms with Crippen molar-refractivity contribution < 1.29 is 29.5 Å². The van der Waals surface area contributed by atoms with Gasteiger partial charge in [-0.15, -0.1) is 0 Å². The van der Waals surface area contributed by atoms with Gasteiger partial charge in [0, 0.05) is 0 Å². The first-order valence-corrected chi connectivity index (χ1v) is 10.2. The van der Waals surface area contributed by atoms with Gasteiger partial charge in [-0.05, 0) is 30.7 Å². The van der Waals surface area contributed by atoms with Gasteiger partial charge in [-0.1, -0.05) is 0 Å². The Morgan fingerprint density at radius 2 is 2.09 bits per heavy atom. The van der Waals surface area contributed by atoms with Crippen LogP contribution in [0.2, 0.25) is 0 Å². The van der Waals surface area contributed by atoms with Gasteiger partial charge in [0.25, 0.3) is 0 Å². The molecule has 6 N–H and O–H groups in total. The van der Waals surface area contributed by atoms with E-state index in [2.05, 4.69) is 25.5 Å². The van der Waals surface area contributed by atoms with Crippen molar-refractivity contribution in [1.82, 2.24) is 19.5 Å². The van der Waals surface area contributed by atoms with Crippen molar-refractivity contribution in [1.29, 1.82) is 0 Å². The Hall–Kier alpha value is -3.52. The number of fused-ring (bicyclic) bond motifs is 1. The van der Waals surface area contributed by atoms with Gasteiger partial charge in [0.1, 0.15) is 24.6 Å². The van der Waals surface area contributed by atoms with Gasteiger partial charge < -0.3 is 35.3 Å². The molecule has 4 rings (SSSR count). The van der Waals surface area contributed by atoms with Crippen LogP contribution in [-0.2, 0) is 4.74 Å². The molecule has 4 atom stereocenters. The summed E-state index contributed by atoms with van der Waals surface area (Å²) < 4.78 is 17.9. The van der Waals surface area contributed by atoms with Crippen molar-refractivity contribution in [3.8, 4) is 11.5 Å². The fourth-order valence-corrected chi connectivity index (χ4v) is 3.54. The van der Waals surface area contributed by atoms with E-state index < -0.39 is 31.1 Å². The van der Waals surface area contributed by atoms with Gasteiger partial charge in [-0.25, -0.2) is 20.4 Å². The van der Waals surface area contributed by atoms with Gasteiger partial charge >= 0.3 is 0 Å². The third kappa shape index (κ3) is 4.26.